The van der Waals surface area contributed by atoms with Crippen LogP contribution in [0.1, 0.15) is 0 Å². The molecule has 1 aliphatic carbocycles. The number of rotatable bonds is 3. The maximum Gasteiger partial charge on any atom is 0.0741 e. The van der Waals surface area contributed by atoms with Gasteiger partial charge in [-0.3, -0.25) is 0 Å². The third kappa shape index (κ3) is 3.82. The summed E-state index contributed by atoms with van der Waals surface area (Å²) in [7, 11) is 0. The van der Waals surface area contributed by atoms with Crippen molar-refractivity contribution < 1.29 is 0 Å². The summed E-state index contributed by atoms with van der Waals surface area (Å²) < 4.78 is 7.67. The Bertz CT molecular complexity index is 3550. The van der Waals surface area contributed by atoms with Gasteiger partial charge in [0.15, 0.2) is 0 Å². The Balaban J connectivity index is 1.13. The number of nitrogens with zero attached hydrogens (tertiary/aromatic N) is 2. The number of fused-ring (bicyclic) bond motifs is 15. The van der Waals surface area contributed by atoms with Crippen LogP contribution >= 0.6 is 11.3 Å². The fraction of sp³-hybridized carbons (Fsp3) is 0. The van der Waals surface area contributed by atoms with Gasteiger partial charge in [-0.2, -0.15) is 0 Å². The average Bonchev–Trinajstić information content (AvgIpc) is 3.99. The summed E-state index contributed by atoms with van der Waals surface area (Å²) in [5.74, 6) is 0. The molecule has 2 nitrogen and oxygen atoms in total. The van der Waals surface area contributed by atoms with Crippen LogP contribution in [0.2, 0.25) is 0 Å². The second-order valence-corrected chi connectivity index (χ2v) is 15.8. The minimum Gasteiger partial charge on any atom is -0.309 e. The van der Waals surface area contributed by atoms with E-state index in [1.54, 1.807) is 0 Å². The molecule has 3 heteroatoms. The van der Waals surface area contributed by atoms with Crippen LogP contribution in [0.3, 0.4) is 0 Å². The van der Waals surface area contributed by atoms with Gasteiger partial charge in [-0.1, -0.05) is 140 Å². The Labute approximate surface area is 320 Å². The molecule has 3 aromatic heterocycles. The smallest absolute Gasteiger partial charge is 0.0741 e. The summed E-state index contributed by atoms with van der Waals surface area (Å²) in [5, 5.41) is 10.5. The van der Waals surface area contributed by atoms with Crippen LogP contribution in [0.4, 0.5) is 0 Å². The standard InChI is InChI=1S/C52H30N2S/c1-2-13-32(14-3-1)53-43-22-9-6-17-40(43)47-48-42-19-8-11-24-45(42)55-52(48)51-49(50(47)53)41-18-7-10-23-44(41)54(51)33-27-25-31(26-28-33)34-29-30-39-36-16-5-4-15-35(36)38-21-12-20-37(34)46(38)39/h1-30H. The molecular weight excluding hydrogens is 685 g/mol. The molecule has 0 saturated carbocycles. The normalized spacial score (nSPS) is 12.4. The maximum atomic E-state index is 2.53. The van der Waals surface area contributed by atoms with Crippen LogP contribution in [0.5, 0.6) is 0 Å². The van der Waals surface area contributed by atoms with Crippen molar-refractivity contribution in [2.24, 2.45) is 0 Å². The predicted molar refractivity (Wildman–Crippen MR) is 235 cm³/mol. The van der Waals surface area contributed by atoms with Crippen LogP contribution in [0.25, 0.3) is 119 Å². The van der Waals surface area contributed by atoms with Gasteiger partial charge in [-0.05, 0) is 86.6 Å². The van der Waals surface area contributed by atoms with E-state index in [0.29, 0.717) is 0 Å². The lowest BCUT2D eigenvalue weighted by atomic mass is 9.94. The van der Waals surface area contributed by atoms with Crippen molar-refractivity contribution in [3.05, 3.63) is 182 Å². The SMILES string of the molecule is c1ccc(-n2c3ccccc3c3c4c5ccccc5sc4c4c(c5ccccc5n4-c4ccc(-c5ccc6c7c(cccc57)-c5ccccc5-6)cc4)c32)cc1. The van der Waals surface area contributed by atoms with Crippen LogP contribution < -0.4 is 0 Å². The van der Waals surface area contributed by atoms with E-state index in [1.165, 1.54) is 114 Å². The highest BCUT2D eigenvalue weighted by atomic mass is 32.1. The topological polar surface area (TPSA) is 9.86 Å². The van der Waals surface area contributed by atoms with Crippen molar-refractivity contribution in [1.29, 1.82) is 0 Å². The molecule has 3 heterocycles. The van der Waals surface area contributed by atoms with Crippen LogP contribution in [0.15, 0.2) is 182 Å². The molecule has 0 amide bonds. The van der Waals surface area contributed by atoms with E-state index < -0.39 is 0 Å². The van der Waals surface area contributed by atoms with Gasteiger partial charge in [0, 0.05) is 48.4 Å². The number of para-hydroxylation sites is 3. The lowest BCUT2D eigenvalue weighted by Gasteiger charge is -2.13. The summed E-state index contributed by atoms with van der Waals surface area (Å²) in [4.78, 5) is 0. The zero-order valence-corrected chi connectivity index (χ0v) is 30.4. The molecule has 0 N–H and O–H groups in total. The Morgan fingerprint density at radius 2 is 0.855 bits per heavy atom. The van der Waals surface area contributed by atoms with E-state index >= 15 is 0 Å². The first-order chi connectivity index (χ1) is 27.3. The van der Waals surface area contributed by atoms with Gasteiger partial charge in [-0.25, -0.2) is 0 Å². The molecule has 1 aliphatic rings. The van der Waals surface area contributed by atoms with Crippen LogP contribution in [-0.2, 0) is 0 Å². The zero-order valence-electron chi connectivity index (χ0n) is 29.6. The Morgan fingerprint density at radius 1 is 0.309 bits per heavy atom. The molecule has 0 saturated heterocycles. The van der Waals surface area contributed by atoms with E-state index in [4.69, 9.17) is 0 Å². The summed E-state index contributed by atoms with van der Waals surface area (Å²) in [6.45, 7) is 0. The molecular formula is C52H30N2S. The summed E-state index contributed by atoms with van der Waals surface area (Å²) >= 11 is 1.92. The number of thiophene rings is 1. The Hall–Kier alpha value is -6.94. The average molecular weight is 715 g/mol. The fourth-order valence-electron chi connectivity index (χ4n) is 9.85. The molecule has 12 aromatic rings. The zero-order chi connectivity index (χ0) is 35.8. The highest BCUT2D eigenvalue weighted by Gasteiger charge is 2.27. The summed E-state index contributed by atoms with van der Waals surface area (Å²) in [6, 6.07) is 67.3. The van der Waals surface area contributed by atoms with Gasteiger partial charge in [0.2, 0.25) is 0 Å². The minimum atomic E-state index is 1.16. The highest BCUT2D eigenvalue weighted by Crippen LogP contribution is 2.52. The molecule has 13 rings (SSSR count). The first-order valence-corrected chi connectivity index (χ1v) is 19.8. The van der Waals surface area contributed by atoms with Gasteiger partial charge < -0.3 is 9.13 Å². The molecule has 0 bridgehead atoms. The van der Waals surface area contributed by atoms with Crippen LogP contribution in [0, 0.1) is 0 Å². The second kappa shape index (κ2) is 10.8. The first kappa shape index (κ1) is 29.5. The lowest BCUT2D eigenvalue weighted by Crippen LogP contribution is -1.96. The highest BCUT2D eigenvalue weighted by molar-refractivity contribution is 7.27. The van der Waals surface area contributed by atoms with Crippen molar-refractivity contribution in [1.82, 2.24) is 9.13 Å². The fourth-order valence-corrected chi connectivity index (χ4v) is 11.1. The molecule has 0 fully saturated rings. The number of benzene rings is 9. The Morgan fingerprint density at radius 3 is 1.62 bits per heavy atom. The lowest BCUT2D eigenvalue weighted by molar-refractivity contribution is 1.18. The monoisotopic (exact) mass is 714 g/mol. The molecule has 0 radical (unpaired) electrons. The van der Waals surface area contributed by atoms with E-state index in [1.807, 2.05) is 11.3 Å². The van der Waals surface area contributed by atoms with Crippen molar-refractivity contribution in [2.45, 2.75) is 0 Å². The second-order valence-electron chi connectivity index (χ2n) is 14.8. The van der Waals surface area contributed by atoms with E-state index in [0.717, 1.165) is 5.69 Å². The Kier molecular flexibility index (Phi) is 5.80. The largest absolute Gasteiger partial charge is 0.309 e. The van der Waals surface area contributed by atoms with Crippen molar-refractivity contribution in [2.75, 3.05) is 0 Å². The third-order valence-electron chi connectivity index (χ3n) is 12.0. The summed E-state index contributed by atoms with van der Waals surface area (Å²) in [6.07, 6.45) is 0. The van der Waals surface area contributed by atoms with Crippen molar-refractivity contribution >= 4 is 85.9 Å². The quantitative estimate of drug-likeness (QED) is 0.172. The third-order valence-corrected chi connectivity index (χ3v) is 13.2. The van der Waals surface area contributed by atoms with E-state index in [-0.39, 0.29) is 0 Å². The van der Waals surface area contributed by atoms with Crippen molar-refractivity contribution in [3.63, 3.8) is 0 Å². The van der Waals surface area contributed by atoms with Crippen LogP contribution in [-0.4, -0.2) is 9.13 Å². The molecule has 0 unspecified atom stereocenters. The molecule has 0 spiro atoms. The van der Waals surface area contributed by atoms with Gasteiger partial charge in [0.25, 0.3) is 0 Å². The van der Waals surface area contributed by atoms with E-state index in [2.05, 4.69) is 191 Å². The molecule has 55 heavy (non-hydrogen) atoms. The number of hydrogen-bond donors (Lipinski definition) is 0. The van der Waals surface area contributed by atoms with Gasteiger partial charge >= 0.3 is 0 Å². The molecule has 254 valence electrons. The predicted octanol–water partition coefficient (Wildman–Crippen LogP) is 14.7. The van der Waals surface area contributed by atoms with E-state index in [9.17, 15) is 0 Å². The summed E-state index contributed by atoms with van der Waals surface area (Å²) in [5.41, 5.74) is 15.1. The van der Waals surface area contributed by atoms with Gasteiger partial charge in [0.1, 0.15) is 0 Å². The molecule has 0 atom stereocenters. The number of hydrogen-bond acceptors (Lipinski definition) is 1. The first-order valence-electron chi connectivity index (χ1n) is 18.9. The number of aromatic nitrogens is 2. The minimum absolute atomic E-state index is 1.16. The maximum absolute atomic E-state index is 2.53. The van der Waals surface area contributed by atoms with Crippen molar-refractivity contribution in [3.8, 4) is 44.8 Å². The van der Waals surface area contributed by atoms with Gasteiger partial charge in [0.05, 0.1) is 26.8 Å². The van der Waals surface area contributed by atoms with Gasteiger partial charge in [-0.15, -0.1) is 11.3 Å². The molecule has 0 aliphatic heterocycles. The molecule has 9 aromatic carbocycles.